The second-order valence-electron chi connectivity index (χ2n) is 3.78. The molecule has 0 aliphatic carbocycles. The van der Waals surface area contributed by atoms with Gasteiger partial charge in [-0.25, -0.2) is 4.39 Å². The van der Waals surface area contributed by atoms with E-state index >= 15 is 0 Å². The summed E-state index contributed by atoms with van der Waals surface area (Å²) in [5, 5.41) is 9.46. The minimum absolute atomic E-state index is 0.0119. The SMILES string of the molecule is N#Cc1ccc(OCc2cc(Cl)ccc2F)c(Cl)c1. The molecule has 0 radical (unpaired) electrons. The van der Waals surface area contributed by atoms with Gasteiger partial charge < -0.3 is 4.74 Å². The highest BCUT2D eigenvalue weighted by atomic mass is 35.5. The Morgan fingerprint density at radius 2 is 1.95 bits per heavy atom. The van der Waals surface area contributed by atoms with E-state index in [4.69, 9.17) is 33.2 Å². The molecule has 0 amide bonds. The average molecular weight is 296 g/mol. The first-order chi connectivity index (χ1) is 9.10. The quantitative estimate of drug-likeness (QED) is 0.830. The molecule has 5 heteroatoms. The molecule has 0 aromatic heterocycles. The second kappa shape index (κ2) is 5.92. The second-order valence-corrected chi connectivity index (χ2v) is 4.63. The van der Waals surface area contributed by atoms with Crippen molar-refractivity contribution in [2.24, 2.45) is 0 Å². The Morgan fingerprint density at radius 1 is 1.16 bits per heavy atom. The summed E-state index contributed by atoms with van der Waals surface area (Å²) in [4.78, 5) is 0. The summed E-state index contributed by atoms with van der Waals surface area (Å²) in [7, 11) is 0. The van der Waals surface area contributed by atoms with Crippen molar-refractivity contribution in [3.8, 4) is 11.8 Å². The van der Waals surface area contributed by atoms with Gasteiger partial charge in [0, 0.05) is 10.6 Å². The Hall–Kier alpha value is -1.76. The molecule has 2 nitrogen and oxygen atoms in total. The van der Waals surface area contributed by atoms with Crippen LogP contribution in [0.2, 0.25) is 10.0 Å². The van der Waals surface area contributed by atoms with Crippen LogP contribution < -0.4 is 4.74 Å². The molecule has 0 spiro atoms. The number of hydrogen-bond acceptors (Lipinski definition) is 2. The van der Waals surface area contributed by atoms with Crippen LogP contribution in [0.3, 0.4) is 0 Å². The van der Waals surface area contributed by atoms with Crippen LogP contribution in [0, 0.1) is 17.1 Å². The van der Waals surface area contributed by atoms with E-state index in [0.717, 1.165) is 0 Å². The monoisotopic (exact) mass is 295 g/mol. The molecule has 0 atom stereocenters. The first kappa shape index (κ1) is 13.7. The number of halogens is 3. The third-order valence-electron chi connectivity index (χ3n) is 2.45. The summed E-state index contributed by atoms with van der Waals surface area (Å²) in [6.45, 7) is 0.0119. The van der Waals surface area contributed by atoms with Crippen LogP contribution in [0.1, 0.15) is 11.1 Å². The Labute approximate surface area is 119 Å². The van der Waals surface area contributed by atoms with Gasteiger partial charge in [-0.15, -0.1) is 0 Å². The van der Waals surface area contributed by atoms with Gasteiger partial charge >= 0.3 is 0 Å². The molecule has 0 aliphatic heterocycles. The Balaban J connectivity index is 2.15. The van der Waals surface area contributed by atoms with Gasteiger partial charge in [0.2, 0.25) is 0 Å². The fourth-order valence-electron chi connectivity index (χ4n) is 1.50. The zero-order valence-electron chi connectivity index (χ0n) is 9.66. The zero-order chi connectivity index (χ0) is 13.8. The molecule has 0 bridgehead atoms. The van der Waals surface area contributed by atoms with Crippen LogP contribution in [0.15, 0.2) is 36.4 Å². The summed E-state index contributed by atoms with van der Waals surface area (Å²) in [6, 6.07) is 10.9. The molecule has 2 aromatic carbocycles. The van der Waals surface area contributed by atoms with Crippen molar-refractivity contribution in [2.45, 2.75) is 6.61 Å². The Kier molecular flexibility index (Phi) is 4.26. The van der Waals surface area contributed by atoms with E-state index in [-0.39, 0.29) is 6.61 Å². The van der Waals surface area contributed by atoms with E-state index in [0.29, 0.717) is 26.9 Å². The maximum absolute atomic E-state index is 13.5. The van der Waals surface area contributed by atoms with Gasteiger partial charge in [-0.1, -0.05) is 23.2 Å². The lowest BCUT2D eigenvalue weighted by atomic mass is 10.2. The number of benzene rings is 2. The van der Waals surface area contributed by atoms with Gasteiger partial charge in [-0.05, 0) is 36.4 Å². The summed E-state index contributed by atoms with van der Waals surface area (Å²) in [6.07, 6.45) is 0. The molecule has 0 heterocycles. The molecule has 0 N–H and O–H groups in total. The average Bonchev–Trinajstić information content (AvgIpc) is 2.40. The lowest BCUT2D eigenvalue weighted by molar-refractivity contribution is 0.300. The van der Waals surface area contributed by atoms with Gasteiger partial charge in [0.15, 0.2) is 0 Å². The van der Waals surface area contributed by atoms with E-state index in [1.165, 1.54) is 24.3 Å². The largest absolute Gasteiger partial charge is 0.487 e. The standard InChI is InChI=1S/C14H8Cl2FNO/c15-11-2-3-13(17)10(6-11)8-19-14-4-1-9(7-18)5-12(14)16/h1-6H,8H2. The maximum Gasteiger partial charge on any atom is 0.138 e. The molecular formula is C14H8Cl2FNO. The van der Waals surface area contributed by atoms with Gasteiger partial charge in [0.1, 0.15) is 18.2 Å². The molecule has 2 rings (SSSR count). The maximum atomic E-state index is 13.5. The van der Waals surface area contributed by atoms with Crippen molar-refractivity contribution < 1.29 is 9.13 Å². The van der Waals surface area contributed by atoms with Crippen LogP contribution in [-0.2, 0) is 6.61 Å². The highest BCUT2D eigenvalue weighted by Crippen LogP contribution is 2.26. The lowest BCUT2D eigenvalue weighted by Gasteiger charge is -2.09. The van der Waals surface area contributed by atoms with Crippen LogP contribution in [-0.4, -0.2) is 0 Å². The molecule has 0 saturated heterocycles. The highest BCUT2D eigenvalue weighted by molar-refractivity contribution is 6.32. The summed E-state index contributed by atoms with van der Waals surface area (Å²) in [5.74, 6) is -0.00536. The van der Waals surface area contributed by atoms with Gasteiger partial charge in [-0.2, -0.15) is 5.26 Å². The molecule has 0 saturated carbocycles. The predicted molar refractivity (Wildman–Crippen MR) is 71.9 cm³/mol. The zero-order valence-corrected chi connectivity index (χ0v) is 11.2. The number of nitriles is 1. The minimum atomic E-state index is -0.394. The summed E-state index contributed by atoms with van der Waals surface area (Å²) < 4.78 is 18.9. The predicted octanol–water partition coefficient (Wildman–Crippen LogP) is 4.58. The third-order valence-corrected chi connectivity index (χ3v) is 2.98. The van der Waals surface area contributed by atoms with E-state index in [9.17, 15) is 4.39 Å². The van der Waals surface area contributed by atoms with Crippen LogP contribution in [0.5, 0.6) is 5.75 Å². The molecule has 19 heavy (non-hydrogen) atoms. The van der Waals surface area contributed by atoms with Crippen LogP contribution >= 0.6 is 23.2 Å². The van der Waals surface area contributed by atoms with Crippen molar-refractivity contribution in [3.05, 3.63) is 63.4 Å². The first-order valence-electron chi connectivity index (χ1n) is 5.36. The lowest BCUT2D eigenvalue weighted by Crippen LogP contribution is -1.99. The Bertz CT molecular complexity index is 652. The van der Waals surface area contributed by atoms with Crippen molar-refractivity contribution in [2.75, 3.05) is 0 Å². The molecule has 2 aromatic rings. The fourth-order valence-corrected chi connectivity index (χ4v) is 1.93. The molecular weight excluding hydrogens is 288 g/mol. The smallest absolute Gasteiger partial charge is 0.138 e. The van der Waals surface area contributed by atoms with Gasteiger partial charge in [-0.3, -0.25) is 0 Å². The summed E-state index contributed by atoms with van der Waals surface area (Å²) in [5.41, 5.74) is 0.777. The molecule has 96 valence electrons. The third kappa shape index (κ3) is 3.37. The van der Waals surface area contributed by atoms with Crippen LogP contribution in [0.4, 0.5) is 4.39 Å². The van der Waals surface area contributed by atoms with E-state index in [2.05, 4.69) is 0 Å². The molecule has 0 unspecified atom stereocenters. The van der Waals surface area contributed by atoms with E-state index in [1.54, 1.807) is 12.1 Å². The van der Waals surface area contributed by atoms with Crippen LogP contribution in [0.25, 0.3) is 0 Å². The number of nitrogens with zero attached hydrogens (tertiary/aromatic N) is 1. The topological polar surface area (TPSA) is 33.0 Å². The van der Waals surface area contributed by atoms with Crippen molar-refractivity contribution in [3.63, 3.8) is 0 Å². The summed E-state index contributed by atoms with van der Waals surface area (Å²) >= 11 is 11.7. The van der Waals surface area contributed by atoms with Crippen molar-refractivity contribution in [1.82, 2.24) is 0 Å². The number of hydrogen-bond donors (Lipinski definition) is 0. The number of ether oxygens (including phenoxy) is 1. The fraction of sp³-hybridized carbons (Fsp3) is 0.0714. The molecule has 0 fully saturated rings. The van der Waals surface area contributed by atoms with Crippen molar-refractivity contribution in [1.29, 1.82) is 5.26 Å². The van der Waals surface area contributed by atoms with Crippen molar-refractivity contribution >= 4 is 23.2 Å². The normalized spacial score (nSPS) is 10.0. The van der Waals surface area contributed by atoms with E-state index < -0.39 is 5.82 Å². The van der Waals surface area contributed by atoms with E-state index in [1.807, 2.05) is 6.07 Å². The Morgan fingerprint density at radius 3 is 2.63 bits per heavy atom. The molecule has 0 aliphatic rings. The van der Waals surface area contributed by atoms with Gasteiger partial charge in [0.05, 0.1) is 16.7 Å². The number of rotatable bonds is 3. The van der Waals surface area contributed by atoms with Gasteiger partial charge in [0.25, 0.3) is 0 Å². The minimum Gasteiger partial charge on any atom is -0.487 e. The highest BCUT2D eigenvalue weighted by Gasteiger charge is 2.07. The first-order valence-corrected chi connectivity index (χ1v) is 6.12.